The molecule has 7 nitrogen and oxygen atoms in total. The molecule has 0 amide bonds. The minimum Gasteiger partial charge on any atom is -0.497 e. The third-order valence-corrected chi connectivity index (χ3v) is 6.00. The molecule has 0 saturated carbocycles. The Kier molecular flexibility index (Phi) is 5.54. The number of benzene rings is 2. The van der Waals surface area contributed by atoms with E-state index in [-0.39, 0.29) is 6.10 Å². The third kappa shape index (κ3) is 4.25. The van der Waals surface area contributed by atoms with E-state index in [1.165, 1.54) is 0 Å². The van der Waals surface area contributed by atoms with Crippen molar-refractivity contribution in [1.29, 1.82) is 0 Å². The van der Waals surface area contributed by atoms with Crippen LogP contribution in [0.5, 0.6) is 17.2 Å². The lowest BCUT2D eigenvalue weighted by molar-refractivity contribution is 0.107. The maximum atomic E-state index is 6.08. The van der Waals surface area contributed by atoms with Crippen LogP contribution in [0.15, 0.2) is 76.5 Å². The minimum atomic E-state index is -0.0751. The second kappa shape index (κ2) is 8.77. The van der Waals surface area contributed by atoms with Gasteiger partial charge in [-0.2, -0.15) is 0 Å². The molecule has 0 fully saturated rings. The first kappa shape index (κ1) is 19.6. The molecular weight excluding hydrogens is 414 g/mol. The van der Waals surface area contributed by atoms with E-state index in [2.05, 4.69) is 14.8 Å². The quantitative estimate of drug-likeness (QED) is 0.395. The summed E-state index contributed by atoms with van der Waals surface area (Å²) in [6.45, 7) is 1.03. The van der Waals surface area contributed by atoms with Gasteiger partial charge in [0.1, 0.15) is 24.2 Å². The van der Waals surface area contributed by atoms with Crippen molar-refractivity contribution in [3.63, 3.8) is 0 Å². The molecule has 3 heterocycles. The molecule has 0 saturated heterocycles. The molecule has 0 spiro atoms. The molecule has 1 aliphatic heterocycles. The second-order valence-corrected chi connectivity index (χ2v) is 8.00. The van der Waals surface area contributed by atoms with Gasteiger partial charge in [-0.05, 0) is 36.4 Å². The van der Waals surface area contributed by atoms with Crippen molar-refractivity contribution in [2.24, 2.45) is 0 Å². The highest BCUT2D eigenvalue weighted by Gasteiger charge is 2.23. The highest BCUT2D eigenvalue weighted by atomic mass is 32.2. The standard InChI is InChI=1S/C23H21N3O4S/c1-27-17-7-4-6-16(12-17)22-24-25-23(26(22)13-18-8-5-11-28-18)31-15-19-14-29-20-9-2-3-10-21(20)30-19/h2-12,19H,13-15H2,1H3/t19-/m0/s1. The van der Waals surface area contributed by atoms with Crippen molar-refractivity contribution >= 4 is 11.8 Å². The lowest BCUT2D eigenvalue weighted by Crippen LogP contribution is -2.31. The fraction of sp³-hybridized carbons (Fsp3) is 0.217. The van der Waals surface area contributed by atoms with Gasteiger partial charge in [0.15, 0.2) is 22.5 Å². The Labute approximate surface area is 184 Å². The lowest BCUT2D eigenvalue weighted by atomic mass is 10.2. The Morgan fingerprint density at radius 3 is 2.81 bits per heavy atom. The number of furan rings is 1. The first-order valence-electron chi connectivity index (χ1n) is 9.91. The van der Waals surface area contributed by atoms with E-state index in [1.54, 1.807) is 25.1 Å². The molecule has 2 aromatic carbocycles. The Morgan fingerprint density at radius 1 is 1.06 bits per heavy atom. The van der Waals surface area contributed by atoms with Gasteiger partial charge in [-0.1, -0.05) is 36.0 Å². The molecule has 1 aliphatic rings. The average molecular weight is 436 g/mol. The maximum Gasteiger partial charge on any atom is 0.192 e. The van der Waals surface area contributed by atoms with E-state index in [0.29, 0.717) is 18.9 Å². The van der Waals surface area contributed by atoms with Gasteiger partial charge in [0.05, 0.1) is 19.9 Å². The summed E-state index contributed by atoms with van der Waals surface area (Å²) >= 11 is 1.59. The Hall–Kier alpha value is -3.39. The number of rotatable bonds is 7. The normalized spacial score (nSPS) is 15.1. The summed E-state index contributed by atoms with van der Waals surface area (Å²) in [7, 11) is 1.65. The Morgan fingerprint density at radius 2 is 1.97 bits per heavy atom. The predicted octanol–water partition coefficient (Wildman–Crippen LogP) is 4.53. The van der Waals surface area contributed by atoms with E-state index in [9.17, 15) is 0 Å². The zero-order valence-corrected chi connectivity index (χ0v) is 17.7. The Balaban J connectivity index is 1.38. The molecule has 8 heteroatoms. The SMILES string of the molecule is COc1cccc(-c2nnc(SC[C@@H]3COc4ccccc4O3)n2Cc2ccco2)c1. The molecule has 1 atom stereocenters. The van der Waals surface area contributed by atoms with Crippen LogP contribution in [-0.2, 0) is 6.54 Å². The highest BCUT2D eigenvalue weighted by molar-refractivity contribution is 7.99. The topological polar surface area (TPSA) is 71.5 Å². The summed E-state index contributed by atoms with van der Waals surface area (Å²) in [5.41, 5.74) is 0.927. The summed E-state index contributed by atoms with van der Waals surface area (Å²) in [6, 6.07) is 19.3. The van der Waals surface area contributed by atoms with Crippen molar-refractivity contribution in [2.45, 2.75) is 17.8 Å². The van der Waals surface area contributed by atoms with E-state index in [4.69, 9.17) is 18.6 Å². The number of methoxy groups -OCH3 is 1. The monoisotopic (exact) mass is 435 g/mol. The number of ether oxygens (including phenoxy) is 3. The lowest BCUT2D eigenvalue weighted by Gasteiger charge is -2.26. The molecule has 31 heavy (non-hydrogen) atoms. The van der Waals surface area contributed by atoms with Gasteiger partial charge in [0.2, 0.25) is 0 Å². The number of hydrogen-bond donors (Lipinski definition) is 0. The van der Waals surface area contributed by atoms with Gasteiger partial charge in [-0.15, -0.1) is 10.2 Å². The van der Waals surface area contributed by atoms with Crippen LogP contribution in [0.1, 0.15) is 5.76 Å². The number of aromatic nitrogens is 3. The van der Waals surface area contributed by atoms with Crippen molar-refractivity contribution in [3.05, 3.63) is 72.7 Å². The van der Waals surface area contributed by atoms with Crippen LogP contribution in [0.25, 0.3) is 11.4 Å². The third-order valence-electron chi connectivity index (χ3n) is 4.90. The number of thioether (sulfide) groups is 1. The van der Waals surface area contributed by atoms with E-state index < -0.39 is 0 Å². The number of para-hydroxylation sites is 2. The van der Waals surface area contributed by atoms with Gasteiger partial charge >= 0.3 is 0 Å². The van der Waals surface area contributed by atoms with Gasteiger partial charge in [0, 0.05) is 11.3 Å². The van der Waals surface area contributed by atoms with Crippen LogP contribution in [0.2, 0.25) is 0 Å². The van der Waals surface area contributed by atoms with Crippen molar-refractivity contribution in [1.82, 2.24) is 14.8 Å². The van der Waals surface area contributed by atoms with Crippen LogP contribution in [-0.4, -0.2) is 40.3 Å². The van der Waals surface area contributed by atoms with Crippen LogP contribution < -0.4 is 14.2 Å². The average Bonchev–Trinajstić information content (AvgIpc) is 3.48. The molecule has 5 rings (SSSR count). The van der Waals surface area contributed by atoms with Gasteiger partial charge in [0.25, 0.3) is 0 Å². The highest BCUT2D eigenvalue weighted by Crippen LogP contribution is 2.33. The molecule has 158 valence electrons. The molecule has 4 aromatic rings. The van der Waals surface area contributed by atoms with Crippen LogP contribution in [0, 0.1) is 0 Å². The van der Waals surface area contributed by atoms with Crippen LogP contribution in [0.4, 0.5) is 0 Å². The predicted molar refractivity (Wildman–Crippen MR) is 117 cm³/mol. The molecule has 0 bridgehead atoms. The molecule has 0 unspecified atom stereocenters. The fourth-order valence-electron chi connectivity index (χ4n) is 3.38. The molecular formula is C23H21N3O4S. The van der Waals surface area contributed by atoms with E-state index in [1.807, 2.05) is 60.7 Å². The largest absolute Gasteiger partial charge is 0.497 e. The number of hydrogen-bond acceptors (Lipinski definition) is 7. The van der Waals surface area contributed by atoms with Gasteiger partial charge in [-0.25, -0.2) is 0 Å². The summed E-state index contributed by atoms with van der Waals surface area (Å²) in [6.07, 6.45) is 1.59. The summed E-state index contributed by atoms with van der Waals surface area (Å²) in [5.74, 6) is 4.59. The number of fused-ring (bicyclic) bond motifs is 1. The first-order chi connectivity index (χ1) is 15.3. The zero-order valence-electron chi connectivity index (χ0n) is 16.9. The molecule has 2 aromatic heterocycles. The smallest absolute Gasteiger partial charge is 0.192 e. The van der Waals surface area contributed by atoms with Gasteiger partial charge < -0.3 is 18.6 Å². The van der Waals surface area contributed by atoms with E-state index in [0.717, 1.165) is 39.6 Å². The summed E-state index contributed by atoms with van der Waals surface area (Å²) < 4.78 is 24.9. The van der Waals surface area contributed by atoms with Crippen molar-refractivity contribution < 1.29 is 18.6 Å². The van der Waals surface area contributed by atoms with Crippen molar-refractivity contribution in [2.75, 3.05) is 19.5 Å². The fourth-order valence-corrected chi connectivity index (χ4v) is 4.29. The zero-order chi connectivity index (χ0) is 21.0. The first-order valence-corrected chi connectivity index (χ1v) is 10.9. The maximum absolute atomic E-state index is 6.08. The Bertz CT molecular complexity index is 1160. The minimum absolute atomic E-state index is 0.0751. The molecule has 0 radical (unpaired) electrons. The second-order valence-electron chi connectivity index (χ2n) is 7.01. The molecule has 0 aliphatic carbocycles. The van der Waals surface area contributed by atoms with E-state index >= 15 is 0 Å². The van der Waals surface area contributed by atoms with Crippen LogP contribution in [0.3, 0.4) is 0 Å². The summed E-state index contributed by atoms with van der Waals surface area (Å²) in [5, 5.41) is 9.71. The van der Waals surface area contributed by atoms with Gasteiger partial charge in [-0.3, -0.25) is 4.57 Å². The van der Waals surface area contributed by atoms with Crippen LogP contribution >= 0.6 is 11.8 Å². The molecule has 0 N–H and O–H groups in total. The van der Waals surface area contributed by atoms with Crippen molar-refractivity contribution in [3.8, 4) is 28.6 Å². The summed E-state index contributed by atoms with van der Waals surface area (Å²) in [4.78, 5) is 0. The number of nitrogens with zero attached hydrogens (tertiary/aromatic N) is 3.